The molecule has 1 aliphatic heterocycles. The Morgan fingerprint density at radius 2 is 2.24 bits per heavy atom. The lowest BCUT2D eigenvalue weighted by Crippen LogP contribution is -2.38. The van der Waals surface area contributed by atoms with Crippen LogP contribution in [0.2, 0.25) is 0 Å². The van der Waals surface area contributed by atoms with Gasteiger partial charge in [0.25, 0.3) is 5.56 Å². The van der Waals surface area contributed by atoms with Gasteiger partial charge in [-0.15, -0.1) is 0 Å². The van der Waals surface area contributed by atoms with Crippen molar-refractivity contribution in [3.05, 3.63) is 22.6 Å². The monoisotopic (exact) mass is 237 g/mol. The Morgan fingerprint density at radius 1 is 1.53 bits per heavy atom. The standard InChI is InChI=1S/C11H15N3O3/c1-7(15)13-9-3-4-14(8-5-17-6-8)11(16)10(9)12-2/h3-4,8,12H,5-6H2,1-2H3,(H,13,15). The number of rotatable bonds is 3. The van der Waals surface area contributed by atoms with Gasteiger partial charge in [0.15, 0.2) is 0 Å². The lowest BCUT2D eigenvalue weighted by molar-refractivity contribution is -0.114. The zero-order valence-corrected chi connectivity index (χ0v) is 9.82. The maximum atomic E-state index is 12.1. The first-order valence-corrected chi connectivity index (χ1v) is 5.41. The number of hydrogen-bond donors (Lipinski definition) is 2. The number of carbonyl (C=O) groups excluding carboxylic acids is 1. The average Bonchev–Trinajstić information content (AvgIpc) is 2.19. The maximum Gasteiger partial charge on any atom is 0.276 e. The molecule has 2 N–H and O–H groups in total. The Hall–Kier alpha value is -1.82. The van der Waals surface area contributed by atoms with E-state index in [0.29, 0.717) is 24.6 Å². The van der Waals surface area contributed by atoms with Crippen LogP contribution in [0.15, 0.2) is 17.1 Å². The molecule has 0 radical (unpaired) electrons. The normalized spacial score (nSPS) is 15.2. The Bertz CT molecular complexity index is 491. The van der Waals surface area contributed by atoms with E-state index in [-0.39, 0.29) is 17.5 Å². The molecule has 1 aromatic heterocycles. The van der Waals surface area contributed by atoms with Gasteiger partial charge in [0.2, 0.25) is 5.91 Å². The van der Waals surface area contributed by atoms with E-state index in [1.807, 2.05) is 0 Å². The zero-order valence-electron chi connectivity index (χ0n) is 9.82. The summed E-state index contributed by atoms with van der Waals surface area (Å²) in [7, 11) is 1.66. The van der Waals surface area contributed by atoms with Crippen LogP contribution < -0.4 is 16.2 Å². The van der Waals surface area contributed by atoms with E-state index < -0.39 is 0 Å². The van der Waals surface area contributed by atoms with E-state index in [0.717, 1.165) is 0 Å². The molecule has 0 saturated carbocycles. The highest BCUT2D eigenvalue weighted by atomic mass is 16.5. The van der Waals surface area contributed by atoms with Crippen LogP contribution in [-0.2, 0) is 9.53 Å². The molecule has 1 amide bonds. The smallest absolute Gasteiger partial charge is 0.276 e. The predicted molar refractivity (Wildman–Crippen MR) is 64.4 cm³/mol. The van der Waals surface area contributed by atoms with Crippen LogP contribution in [0.4, 0.5) is 11.4 Å². The highest BCUT2D eigenvalue weighted by Gasteiger charge is 2.23. The second kappa shape index (κ2) is 4.58. The first-order chi connectivity index (χ1) is 8.13. The molecule has 0 unspecified atom stereocenters. The summed E-state index contributed by atoms with van der Waals surface area (Å²) in [6.45, 7) is 2.52. The first-order valence-electron chi connectivity index (χ1n) is 5.41. The van der Waals surface area contributed by atoms with Gasteiger partial charge < -0.3 is 19.9 Å². The number of aromatic nitrogens is 1. The maximum absolute atomic E-state index is 12.1. The summed E-state index contributed by atoms with van der Waals surface area (Å²) in [4.78, 5) is 23.1. The van der Waals surface area contributed by atoms with E-state index in [9.17, 15) is 9.59 Å². The molecule has 2 heterocycles. The van der Waals surface area contributed by atoms with E-state index in [4.69, 9.17) is 4.74 Å². The molecule has 0 atom stereocenters. The summed E-state index contributed by atoms with van der Waals surface area (Å²) in [5, 5.41) is 5.45. The molecule has 6 heteroatoms. The highest BCUT2D eigenvalue weighted by molar-refractivity contribution is 5.92. The lowest BCUT2D eigenvalue weighted by atomic mass is 10.2. The molecule has 0 aromatic carbocycles. The molecule has 92 valence electrons. The van der Waals surface area contributed by atoms with Gasteiger partial charge in [0, 0.05) is 20.2 Å². The SMILES string of the molecule is CNc1c(NC(C)=O)ccn(C2COC2)c1=O. The largest absolute Gasteiger partial charge is 0.382 e. The summed E-state index contributed by atoms with van der Waals surface area (Å²) in [6, 6.07) is 1.81. The molecule has 0 bridgehead atoms. The van der Waals surface area contributed by atoms with Crippen molar-refractivity contribution in [2.75, 3.05) is 30.9 Å². The van der Waals surface area contributed by atoms with Crippen LogP contribution >= 0.6 is 0 Å². The second-order valence-corrected chi connectivity index (χ2v) is 3.94. The van der Waals surface area contributed by atoms with Crippen LogP contribution in [0, 0.1) is 0 Å². The number of nitrogens with zero attached hydrogens (tertiary/aromatic N) is 1. The fourth-order valence-electron chi connectivity index (χ4n) is 1.76. The molecule has 0 aliphatic carbocycles. The van der Waals surface area contributed by atoms with Crippen LogP contribution in [0.1, 0.15) is 13.0 Å². The highest BCUT2D eigenvalue weighted by Crippen LogP contribution is 2.20. The zero-order chi connectivity index (χ0) is 12.4. The quantitative estimate of drug-likeness (QED) is 0.799. The molecule has 1 aromatic rings. The molecule has 1 fully saturated rings. The molecular weight excluding hydrogens is 222 g/mol. The van der Waals surface area contributed by atoms with Crippen molar-refractivity contribution in [3.8, 4) is 0 Å². The van der Waals surface area contributed by atoms with Gasteiger partial charge in [0.05, 0.1) is 24.9 Å². The number of anilines is 2. The number of amides is 1. The Balaban J connectivity index is 2.40. The van der Waals surface area contributed by atoms with Gasteiger partial charge in [-0.1, -0.05) is 0 Å². The van der Waals surface area contributed by atoms with Gasteiger partial charge in [-0.2, -0.15) is 0 Å². The number of carbonyl (C=O) groups is 1. The fraction of sp³-hybridized carbons (Fsp3) is 0.455. The van der Waals surface area contributed by atoms with Crippen molar-refractivity contribution in [1.29, 1.82) is 0 Å². The second-order valence-electron chi connectivity index (χ2n) is 3.94. The van der Waals surface area contributed by atoms with E-state index in [1.54, 1.807) is 23.9 Å². The van der Waals surface area contributed by atoms with Crippen LogP contribution in [-0.4, -0.2) is 30.7 Å². The predicted octanol–water partition coefficient (Wildman–Crippen LogP) is 0.420. The van der Waals surface area contributed by atoms with Crippen molar-refractivity contribution in [3.63, 3.8) is 0 Å². The Morgan fingerprint density at radius 3 is 2.71 bits per heavy atom. The first kappa shape index (κ1) is 11.7. The summed E-state index contributed by atoms with van der Waals surface area (Å²) < 4.78 is 6.69. The van der Waals surface area contributed by atoms with E-state index >= 15 is 0 Å². The van der Waals surface area contributed by atoms with Crippen molar-refractivity contribution in [2.24, 2.45) is 0 Å². The van der Waals surface area contributed by atoms with Gasteiger partial charge in [-0.25, -0.2) is 0 Å². The molecule has 17 heavy (non-hydrogen) atoms. The van der Waals surface area contributed by atoms with Gasteiger partial charge in [-0.05, 0) is 6.07 Å². The lowest BCUT2D eigenvalue weighted by Gasteiger charge is -2.28. The van der Waals surface area contributed by atoms with Gasteiger partial charge in [0.1, 0.15) is 5.69 Å². The summed E-state index contributed by atoms with van der Waals surface area (Å²) in [5.74, 6) is -0.203. The van der Waals surface area contributed by atoms with Crippen molar-refractivity contribution >= 4 is 17.3 Å². The number of nitrogens with one attached hydrogen (secondary N) is 2. The summed E-state index contributed by atoms with van der Waals surface area (Å²) in [5.41, 5.74) is 0.753. The topological polar surface area (TPSA) is 72.4 Å². The fourth-order valence-corrected chi connectivity index (χ4v) is 1.76. The van der Waals surface area contributed by atoms with Crippen LogP contribution in [0.5, 0.6) is 0 Å². The molecule has 0 spiro atoms. The number of pyridine rings is 1. The third-order valence-corrected chi connectivity index (χ3v) is 2.69. The van der Waals surface area contributed by atoms with Crippen molar-refractivity contribution in [1.82, 2.24) is 4.57 Å². The Kier molecular flexibility index (Phi) is 3.14. The van der Waals surface area contributed by atoms with Crippen LogP contribution in [0.3, 0.4) is 0 Å². The minimum Gasteiger partial charge on any atom is -0.382 e. The minimum atomic E-state index is -0.203. The molecule has 6 nitrogen and oxygen atoms in total. The van der Waals surface area contributed by atoms with Gasteiger partial charge in [-0.3, -0.25) is 9.59 Å². The molecule has 2 rings (SSSR count). The van der Waals surface area contributed by atoms with Crippen molar-refractivity contribution in [2.45, 2.75) is 13.0 Å². The third-order valence-electron chi connectivity index (χ3n) is 2.69. The third kappa shape index (κ3) is 2.16. The summed E-state index contributed by atoms with van der Waals surface area (Å²) >= 11 is 0. The molecule has 1 saturated heterocycles. The summed E-state index contributed by atoms with van der Waals surface area (Å²) in [6.07, 6.45) is 1.68. The number of ether oxygens (including phenoxy) is 1. The van der Waals surface area contributed by atoms with E-state index in [1.165, 1.54) is 6.92 Å². The molecular formula is C11H15N3O3. The van der Waals surface area contributed by atoms with Gasteiger partial charge >= 0.3 is 0 Å². The Labute approximate surface area is 98.6 Å². The number of hydrogen-bond acceptors (Lipinski definition) is 4. The minimum absolute atomic E-state index is 0.0981. The molecule has 1 aliphatic rings. The van der Waals surface area contributed by atoms with Crippen LogP contribution in [0.25, 0.3) is 0 Å². The van der Waals surface area contributed by atoms with E-state index in [2.05, 4.69) is 10.6 Å². The van der Waals surface area contributed by atoms with Crippen molar-refractivity contribution < 1.29 is 9.53 Å². The average molecular weight is 237 g/mol.